The van der Waals surface area contributed by atoms with Gasteiger partial charge < -0.3 is 24.3 Å². The van der Waals surface area contributed by atoms with Crippen LogP contribution < -0.4 is 10.1 Å². The monoisotopic (exact) mass is 432 g/mol. The normalized spacial score (nSPS) is 16.9. The van der Waals surface area contributed by atoms with E-state index in [-0.39, 0.29) is 17.7 Å². The van der Waals surface area contributed by atoms with Crippen LogP contribution in [0.4, 0.5) is 4.39 Å². The van der Waals surface area contributed by atoms with Gasteiger partial charge in [0, 0.05) is 39.7 Å². The standard InChI is InChI=1S/C22H33FN6O2/c1-4-21-27-26-16-29(21)11-10-24-22(25-14-18-7-5-6-12-31-18)28(2)15-17-8-9-20(30-3)19(23)13-17/h8-9,13,16,18H,4-7,10-12,14-15H2,1-3H3,(H,24,25). The first-order chi connectivity index (χ1) is 15.1. The molecule has 0 aliphatic carbocycles. The van der Waals surface area contributed by atoms with E-state index in [2.05, 4.69) is 22.4 Å². The van der Waals surface area contributed by atoms with E-state index in [9.17, 15) is 4.39 Å². The fourth-order valence-electron chi connectivity index (χ4n) is 3.64. The van der Waals surface area contributed by atoms with Gasteiger partial charge in [0.25, 0.3) is 0 Å². The van der Waals surface area contributed by atoms with Gasteiger partial charge in [-0.2, -0.15) is 0 Å². The zero-order valence-electron chi connectivity index (χ0n) is 18.7. The number of hydrogen-bond acceptors (Lipinski definition) is 5. The van der Waals surface area contributed by atoms with Gasteiger partial charge >= 0.3 is 0 Å². The van der Waals surface area contributed by atoms with Crippen LogP contribution >= 0.6 is 0 Å². The van der Waals surface area contributed by atoms with E-state index in [1.807, 2.05) is 22.6 Å². The zero-order chi connectivity index (χ0) is 22.1. The number of ether oxygens (including phenoxy) is 2. The Morgan fingerprint density at radius 1 is 1.42 bits per heavy atom. The maximum atomic E-state index is 14.1. The number of benzene rings is 1. The molecule has 170 valence electrons. The average molecular weight is 433 g/mol. The van der Waals surface area contributed by atoms with Gasteiger partial charge in [-0.3, -0.25) is 4.99 Å². The number of rotatable bonds is 9. The van der Waals surface area contributed by atoms with Crippen LogP contribution in [0.5, 0.6) is 5.75 Å². The third-order valence-corrected chi connectivity index (χ3v) is 5.36. The topological polar surface area (TPSA) is 76.8 Å². The molecule has 1 aromatic heterocycles. The Bertz CT molecular complexity index is 850. The van der Waals surface area contributed by atoms with Crippen LogP contribution in [-0.2, 0) is 24.2 Å². The molecule has 0 saturated carbocycles. The molecule has 2 aromatic rings. The van der Waals surface area contributed by atoms with Crippen molar-refractivity contribution in [1.29, 1.82) is 0 Å². The fraction of sp³-hybridized carbons (Fsp3) is 0.591. The molecule has 1 atom stereocenters. The largest absolute Gasteiger partial charge is 0.494 e. The van der Waals surface area contributed by atoms with Gasteiger partial charge in [-0.05, 0) is 37.0 Å². The van der Waals surface area contributed by atoms with Gasteiger partial charge in [0.1, 0.15) is 12.2 Å². The zero-order valence-corrected chi connectivity index (χ0v) is 18.7. The van der Waals surface area contributed by atoms with E-state index >= 15 is 0 Å². The van der Waals surface area contributed by atoms with Crippen molar-refractivity contribution in [2.24, 2.45) is 4.99 Å². The van der Waals surface area contributed by atoms with E-state index in [1.165, 1.54) is 19.6 Å². The molecule has 0 spiro atoms. The lowest BCUT2D eigenvalue weighted by molar-refractivity contribution is 0.0223. The lowest BCUT2D eigenvalue weighted by Crippen LogP contribution is -2.41. The van der Waals surface area contributed by atoms with Gasteiger partial charge in [0.05, 0.1) is 19.8 Å². The molecule has 1 unspecified atom stereocenters. The number of halogens is 1. The maximum Gasteiger partial charge on any atom is 0.194 e. The van der Waals surface area contributed by atoms with Crippen LogP contribution in [0.15, 0.2) is 29.5 Å². The highest BCUT2D eigenvalue weighted by Crippen LogP contribution is 2.18. The molecule has 1 aromatic carbocycles. The lowest BCUT2D eigenvalue weighted by Gasteiger charge is -2.25. The Hall–Kier alpha value is -2.68. The predicted octanol–water partition coefficient (Wildman–Crippen LogP) is 2.63. The number of aromatic nitrogens is 3. The van der Waals surface area contributed by atoms with Crippen molar-refractivity contribution in [2.75, 3.05) is 33.9 Å². The fourth-order valence-corrected chi connectivity index (χ4v) is 3.64. The third-order valence-electron chi connectivity index (χ3n) is 5.36. The van der Waals surface area contributed by atoms with Crippen molar-refractivity contribution in [3.63, 3.8) is 0 Å². The Morgan fingerprint density at radius 2 is 2.29 bits per heavy atom. The third kappa shape index (κ3) is 6.65. The van der Waals surface area contributed by atoms with Gasteiger partial charge in [0.15, 0.2) is 17.5 Å². The molecule has 1 saturated heterocycles. The molecule has 31 heavy (non-hydrogen) atoms. The number of aliphatic imine (C=N–C) groups is 1. The summed E-state index contributed by atoms with van der Waals surface area (Å²) >= 11 is 0. The van der Waals surface area contributed by atoms with Crippen LogP contribution in [0, 0.1) is 5.82 Å². The number of nitrogens with zero attached hydrogens (tertiary/aromatic N) is 5. The number of nitrogens with one attached hydrogen (secondary N) is 1. The number of guanidine groups is 1. The molecule has 9 heteroatoms. The predicted molar refractivity (Wildman–Crippen MR) is 118 cm³/mol. The van der Waals surface area contributed by atoms with Crippen LogP contribution in [-0.4, -0.2) is 65.6 Å². The summed E-state index contributed by atoms with van der Waals surface area (Å²) in [7, 11) is 3.41. The van der Waals surface area contributed by atoms with E-state index < -0.39 is 0 Å². The van der Waals surface area contributed by atoms with Gasteiger partial charge in [-0.25, -0.2) is 4.39 Å². The summed E-state index contributed by atoms with van der Waals surface area (Å²) < 4.78 is 27.0. The van der Waals surface area contributed by atoms with Crippen LogP contribution in [0.25, 0.3) is 0 Å². The lowest BCUT2D eigenvalue weighted by atomic mass is 10.1. The summed E-state index contributed by atoms with van der Waals surface area (Å²) in [6.07, 6.45) is 6.07. The number of methoxy groups -OCH3 is 1. The SMILES string of the molecule is CCc1nncn1CCNC(=NCC1CCCCO1)N(C)Cc1ccc(OC)c(F)c1. The smallest absolute Gasteiger partial charge is 0.194 e. The molecule has 1 fully saturated rings. The minimum absolute atomic E-state index is 0.155. The van der Waals surface area contributed by atoms with Crippen molar-refractivity contribution < 1.29 is 13.9 Å². The highest BCUT2D eigenvalue weighted by Gasteiger charge is 2.15. The van der Waals surface area contributed by atoms with Crippen LogP contribution in [0.2, 0.25) is 0 Å². The summed E-state index contributed by atoms with van der Waals surface area (Å²) in [4.78, 5) is 6.81. The van der Waals surface area contributed by atoms with Gasteiger partial charge in [0.2, 0.25) is 0 Å². The van der Waals surface area contributed by atoms with Gasteiger partial charge in [-0.1, -0.05) is 13.0 Å². The molecule has 0 bridgehead atoms. The second-order valence-electron chi connectivity index (χ2n) is 7.70. The molecule has 1 N–H and O–H groups in total. The van der Waals surface area contributed by atoms with Crippen molar-refractivity contribution in [1.82, 2.24) is 25.0 Å². The second-order valence-corrected chi connectivity index (χ2v) is 7.70. The average Bonchev–Trinajstić information content (AvgIpc) is 3.24. The first kappa shape index (κ1) is 23.0. The summed E-state index contributed by atoms with van der Waals surface area (Å²) in [5.74, 6) is 1.60. The summed E-state index contributed by atoms with van der Waals surface area (Å²) in [5, 5.41) is 11.5. The van der Waals surface area contributed by atoms with E-state index in [4.69, 9.17) is 14.5 Å². The maximum absolute atomic E-state index is 14.1. The molecule has 2 heterocycles. The van der Waals surface area contributed by atoms with Crippen LogP contribution in [0.3, 0.4) is 0 Å². The minimum Gasteiger partial charge on any atom is -0.494 e. The van der Waals surface area contributed by atoms with Crippen molar-refractivity contribution in [3.8, 4) is 5.75 Å². The molecule has 0 radical (unpaired) electrons. The van der Waals surface area contributed by atoms with Crippen LogP contribution in [0.1, 0.15) is 37.6 Å². The first-order valence-corrected chi connectivity index (χ1v) is 10.9. The summed E-state index contributed by atoms with van der Waals surface area (Å²) in [6, 6.07) is 5.02. The second kappa shape index (κ2) is 11.6. The molecular weight excluding hydrogens is 399 g/mol. The highest BCUT2D eigenvalue weighted by molar-refractivity contribution is 5.79. The Morgan fingerprint density at radius 3 is 3.00 bits per heavy atom. The summed E-state index contributed by atoms with van der Waals surface area (Å²) in [6.45, 7) is 5.41. The van der Waals surface area contributed by atoms with Crippen molar-refractivity contribution in [3.05, 3.63) is 41.7 Å². The van der Waals surface area contributed by atoms with E-state index in [1.54, 1.807) is 12.4 Å². The summed E-state index contributed by atoms with van der Waals surface area (Å²) in [5.41, 5.74) is 0.844. The van der Waals surface area contributed by atoms with Gasteiger partial charge in [-0.15, -0.1) is 10.2 Å². The minimum atomic E-state index is -0.366. The molecule has 1 aliphatic heterocycles. The number of hydrogen-bond donors (Lipinski definition) is 1. The quantitative estimate of drug-likeness (QED) is 0.485. The van der Waals surface area contributed by atoms with Crippen molar-refractivity contribution >= 4 is 5.96 Å². The van der Waals surface area contributed by atoms with E-state index in [0.717, 1.165) is 49.8 Å². The number of aryl methyl sites for hydroxylation is 1. The highest BCUT2D eigenvalue weighted by atomic mass is 19.1. The molecule has 1 aliphatic rings. The Kier molecular flexibility index (Phi) is 8.63. The Balaban J connectivity index is 1.65. The van der Waals surface area contributed by atoms with Crippen molar-refractivity contribution in [2.45, 2.75) is 51.8 Å². The molecule has 8 nitrogen and oxygen atoms in total. The molecule has 0 amide bonds. The first-order valence-electron chi connectivity index (χ1n) is 10.9. The molecule has 3 rings (SSSR count). The Labute approximate surface area is 183 Å². The van der Waals surface area contributed by atoms with E-state index in [0.29, 0.717) is 19.6 Å². The molecular formula is C22H33FN6O2.